The van der Waals surface area contributed by atoms with Gasteiger partial charge in [-0.1, -0.05) is 19.8 Å². The zero-order valence-corrected chi connectivity index (χ0v) is 10.4. The van der Waals surface area contributed by atoms with E-state index in [1.165, 1.54) is 0 Å². The van der Waals surface area contributed by atoms with Crippen LogP contribution < -0.4 is 0 Å². The van der Waals surface area contributed by atoms with E-state index < -0.39 is 8.56 Å². The highest BCUT2D eigenvalue weighted by Crippen LogP contribution is 2.18. The summed E-state index contributed by atoms with van der Waals surface area (Å²) in [4.78, 5) is 14.1. The third-order valence-electron chi connectivity index (χ3n) is 2.46. The topological polar surface area (TPSA) is 47.9 Å². The third-order valence-corrected chi connectivity index (χ3v) is 5.71. The Kier molecular flexibility index (Phi) is 6.66. The van der Waals surface area contributed by atoms with E-state index in [4.69, 9.17) is 8.85 Å². The van der Waals surface area contributed by atoms with Crippen LogP contribution in [0.15, 0.2) is 4.99 Å². The molecular weight excluding hydrogens is 198 g/mol. The lowest BCUT2D eigenvalue weighted by Crippen LogP contribution is -2.48. The van der Waals surface area contributed by atoms with Gasteiger partial charge < -0.3 is 8.85 Å². The molecule has 82 valence electrons. The van der Waals surface area contributed by atoms with Crippen LogP contribution in [0.25, 0.3) is 0 Å². The summed E-state index contributed by atoms with van der Waals surface area (Å²) in [5, 5.41) is 0. The number of hydrogen-bond donors (Lipinski definition) is 0. The molecule has 0 heterocycles. The molecule has 0 bridgehead atoms. The highest BCUT2D eigenvalue weighted by molar-refractivity contribution is 6.67. The minimum absolute atomic E-state index is 0.144. The molecule has 1 atom stereocenters. The summed E-state index contributed by atoms with van der Waals surface area (Å²) in [5.74, 6) is 0. The molecule has 0 amide bonds. The van der Waals surface area contributed by atoms with Crippen LogP contribution in [0.2, 0.25) is 6.55 Å². The van der Waals surface area contributed by atoms with Gasteiger partial charge in [-0.15, -0.1) is 0 Å². The maximum absolute atomic E-state index is 10.3. The molecule has 0 saturated carbocycles. The second kappa shape index (κ2) is 6.90. The number of hydrogen-bond acceptors (Lipinski definition) is 4. The molecule has 0 aliphatic heterocycles. The van der Waals surface area contributed by atoms with Crippen LogP contribution in [0.1, 0.15) is 26.2 Å². The molecule has 0 spiro atoms. The first-order chi connectivity index (χ1) is 6.64. The number of rotatable bonds is 7. The lowest BCUT2D eigenvalue weighted by Gasteiger charge is -2.27. The fourth-order valence-electron chi connectivity index (χ4n) is 1.26. The van der Waals surface area contributed by atoms with E-state index in [0.717, 1.165) is 19.3 Å². The van der Waals surface area contributed by atoms with Crippen LogP contribution in [0.5, 0.6) is 0 Å². The van der Waals surface area contributed by atoms with Gasteiger partial charge in [0.15, 0.2) is 0 Å². The molecule has 0 aliphatic carbocycles. The summed E-state index contributed by atoms with van der Waals surface area (Å²) in [7, 11) is 0.898. The molecule has 5 heteroatoms. The number of isocyanates is 1. The second-order valence-electron chi connectivity index (χ2n) is 3.30. The van der Waals surface area contributed by atoms with Gasteiger partial charge >= 0.3 is 8.56 Å². The van der Waals surface area contributed by atoms with Crippen LogP contribution in [0.3, 0.4) is 0 Å². The predicted octanol–water partition coefficient (Wildman–Crippen LogP) is 1.79. The fraction of sp³-hybridized carbons (Fsp3) is 0.889. The number of unbranched alkanes of at least 4 members (excludes halogenated alkanes) is 1. The quantitative estimate of drug-likeness (QED) is 0.371. The Bertz CT molecular complexity index is 200. The van der Waals surface area contributed by atoms with Gasteiger partial charge in [0.05, 0.1) is 0 Å². The maximum Gasteiger partial charge on any atom is 0.360 e. The summed E-state index contributed by atoms with van der Waals surface area (Å²) in [6.07, 6.45) is 4.52. The van der Waals surface area contributed by atoms with E-state index in [-0.39, 0.29) is 5.67 Å². The average molecular weight is 217 g/mol. The maximum atomic E-state index is 10.3. The molecule has 0 aromatic heterocycles. The molecule has 1 unspecified atom stereocenters. The Morgan fingerprint density at radius 1 is 1.43 bits per heavy atom. The molecule has 0 aromatic carbocycles. The van der Waals surface area contributed by atoms with E-state index in [2.05, 4.69) is 11.9 Å². The molecule has 14 heavy (non-hydrogen) atoms. The van der Waals surface area contributed by atoms with E-state index in [1.54, 1.807) is 20.3 Å². The standard InChI is InChI=1S/C9H19NO3Si/c1-5-6-7-9(10-8-11)14(4,12-2)13-3/h9H,5-7H2,1-4H3. The number of carbonyl (C=O) groups excluding carboxylic acids is 1. The highest BCUT2D eigenvalue weighted by Gasteiger charge is 2.39. The average Bonchev–Trinajstić information content (AvgIpc) is 2.23. The molecule has 0 saturated heterocycles. The predicted molar refractivity (Wildman–Crippen MR) is 57.1 cm³/mol. The van der Waals surface area contributed by atoms with Crippen molar-refractivity contribution in [1.29, 1.82) is 0 Å². The van der Waals surface area contributed by atoms with Gasteiger partial charge in [-0.25, -0.2) is 9.79 Å². The van der Waals surface area contributed by atoms with Crippen molar-refractivity contribution in [2.75, 3.05) is 14.2 Å². The molecule has 0 aliphatic rings. The molecule has 0 aromatic rings. The van der Waals surface area contributed by atoms with E-state index in [1.807, 2.05) is 6.55 Å². The Morgan fingerprint density at radius 3 is 2.36 bits per heavy atom. The van der Waals surface area contributed by atoms with Crippen LogP contribution in [0.4, 0.5) is 0 Å². The molecule has 4 nitrogen and oxygen atoms in total. The van der Waals surface area contributed by atoms with Crippen LogP contribution >= 0.6 is 0 Å². The van der Waals surface area contributed by atoms with Crippen molar-refractivity contribution in [2.45, 2.75) is 38.4 Å². The largest absolute Gasteiger partial charge is 0.397 e. The molecule has 0 radical (unpaired) electrons. The smallest absolute Gasteiger partial charge is 0.360 e. The SMILES string of the molecule is CCCCC(N=C=O)[Si](C)(OC)OC. The van der Waals surface area contributed by atoms with Gasteiger partial charge in [0.25, 0.3) is 0 Å². The fourth-order valence-corrected chi connectivity index (χ4v) is 2.99. The van der Waals surface area contributed by atoms with Crippen LogP contribution in [-0.2, 0) is 13.6 Å². The molecular formula is C9H19NO3Si. The third kappa shape index (κ3) is 3.72. The number of nitrogens with zero attached hydrogens (tertiary/aromatic N) is 1. The van der Waals surface area contributed by atoms with Crippen LogP contribution in [0, 0.1) is 0 Å². The summed E-state index contributed by atoms with van der Waals surface area (Å²) >= 11 is 0. The minimum Gasteiger partial charge on any atom is -0.397 e. The lowest BCUT2D eigenvalue weighted by molar-refractivity contribution is 0.235. The van der Waals surface area contributed by atoms with Gasteiger partial charge in [0.1, 0.15) is 5.67 Å². The first kappa shape index (κ1) is 13.5. The Morgan fingerprint density at radius 2 is 2.00 bits per heavy atom. The monoisotopic (exact) mass is 217 g/mol. The molecule has 0 N–H and O–H groups in total. The highest BCUT2D eigenvalue weighted by atomic mass is 28.4. The Labute approximate surface area is 86.6 Å². The zero-order chi connectivity index (χ0) is 11.0. The van der Waals surface area contributed by atoms with Gasteiger partial charge in [-0.05, 0) is 13.0 Å². The summed E-state index contributed by atoms with van der Waals surface area (Å²) in [5.41, 5.74) is -0.144. The van der Waals surface area contributed by atoms with Crippen molar-refractivity contribution < 1.29 is 13.6 Å². The van der Waals surface area contributed by atoms with Gasteiger partial charge in [-0.2, -0.15) is 0 Å². The van der Waals surface area contributed by atoms with Gasteiger partial charge in [0.2, 0.25) is 6.08 Å². The molecule has 0 rings (SSSR count). The molecule has 0 fully saturated rings. The van der Waals surface area contributed by atoms with Crippen molar-refractivity contribution >= 4 is 14.6 Å². The van der Waals surface area contributed by atoms with E-state index in [0.29, 0.717) is 0 Å². The zero-order valence-electron chi connectivity index (χ0n) is 9.37. The van der Waals surface area contributed by atoms with E-state index >= 15 is 0 Å². The lowest BCUT2D eigenvalue weighted by atomic mass is 10.2. The second-order valence-corrected chi connectivity index (χ2v) is 6.82. The van der Waals surface area contributed by atoms with Crippen molar-refractivity contribution in [3.05, 3.63) is 0 Å². The first-order valence-electron chi connectivity index (χ1n) is 4.81. The first-order valence-corrected chi connectivity index (χ1v) is 7.21. The van der Waals surface area contributed by atoms with Crippen LogP contribution in [-0.4, -0.2) is 34.5 Å². The normalized spacial score (nSPS) is 13.4. The van der Waals surface area contributed by atoms with Crippen molar-refractivity contribution in [3.63, 3.8) is 0 Å². The van der Waals surface area contributed by atoms with Crippen molar-refractivity contribution in [2.24, 2.45) is 4.99 Å². The Hall–Kier alpha value is -0.483. The van der Waals surface area contributed by atoms with Gasteiger partial charge in [0, 0.05) is 14.2 Å². The minimum atomic E-state index is -2.31. The van der Waals surface area contributed by atoms with Crippen molar-refractivity contribution in [1.82, 2.24) is 0 Å². The number of aliphatic imine (C=N–C) groups is 1. The van der Waals surface area contributed by atoms with E-state index in [9.17, 15) is 4.79 Å². The Balaban J connectivity index is 4.51. The summed E-state index contributed by atoms with van der Waals surface area (Å²) in [6, 6.07) is 0. The summed E-state index contributed by atoms with van der Waals surface area (Å²) in [6.45, 7) is 4.01. The summed E-state index contributed by atoms with van der Waals surface area (Å²) < 4.78 is 10.7. The van der Waals surface area contributed by atoms with Gasteiger partial charge in [-0.3, -0.25) is 0 Å². The van der Waals surface area contributed by atoms with Crippen molar-refractivity contribution in [3.8, 4) is 0 Å².